The standard InChI is InChI=1S/C27H38N4O3S/c1-17-9-7-12-20(15-17)24(32)21-16-35-26(29-21)22-13-8-14-31(22)27(34)23(19-10-5-4-6-11-19)30-25(33)18(2)28-3/h7,9,12,15-16,18-19,22-23,25,28,30,33H,4-6,8,10-11,13-14H2,1-3H3/t18-,22-,23-,25?/m0/s1. The number of rotatable bonds is 9. The largest absolute Gasteiger partial charge is 0.377 e. The Hall–Kier alpha value is -2.13. The van der Waals surface area contributed by atoms with Crippen LogP contribution in [0.25, 0.3) is 0 Å². The van der Waals surface area contributed by atoms with Gasteiger partial charge in [-0.05, 0) is 58.6 Å². The average molecular weight is 499 g/mol. The summed E-state index contributed by atoms with van der Waals surface area (Å²) in [6.45, 7) is 4.55. The summed E-state index contributed by atoms with van der Waals surface area (Å²) >= 11 is 1.46. The highest BCUT2D eigenvalue weighted by Gasteiger charge is 2.40. The van der Waals surface area contributed by atoms with Crippen LogP contribution in [0.1, 0.15) is 84.5 Å². The molecule has 2 aromatic rings. The number of nitrogens with zero attached hydrogens (tertiary/aromatic N) is 2. The monoisotopic (exact) mass is 498 g/mol. The lowest BCUT2D eigenvalue weighted by atomic mass is 9.83. The van der Waals surface area contributed by atoms with Gasteiger partial charge in [0.05, 0.1) is 12.1 Å². The molecule has 2 fully saturated rings. The van der Waals surface area contributed by atoms with E-state index in [2.05, 4.69) is 10.6 Å². The smallest absolute Gasteiger partial charge is 0.240 e. The molecular weight excluding hydrogens is 460 g/mol. The SMILES string of the molecule is CN[C@@H](C)C(O)N[C@H](C(=O)N1CCC[C@H]1c1nc(C(=O)c2cccc(C)c2)cs1)C1CCCCC1. The maximum absolute atomic E-state index is 13.9. The third-order valence-electron chi connectivity index (χ3n) is 7.52. The van der Waals surface area contributed by atoms with Gasteiger partial charge in [0, 0.05) is 23.5 Å². The Kier molecular flexibility index (Phi) is 8.70. The molecule has 1 unspecified atom stereocenters. The number of nitrogens with one attached hydrogen (secondary N) is 2. The predicted octanol–water partition coefficient (Wildman–Crippen LogP) is 3.81. The lowest BCUT2D eigenvalue weighted by Gasteiger charge is -2.36. The molecule has 4 atom stereocenters. The van der Waals surface area contributed by atoms with Crippen LogP contribution in [0.2, 0.25) is 0 Å². The van der Waals surface area contributed by atoms with E-state index in [0.29, 0.717) is 17.8 Å². The number of likely N-dealkylation sites (tertiary alicyclic amines) is 1. The number of likely N-dealkylation sites (N-methyl/N-ethyl adjacent to an activating group) is 1. The lowest BCUT2D eigenvalue weighted by Crippen LogP contribution is -2.57. The summed E-state index contributed by atoms with van der Waals surface area (Å²) in [6.07, 6.45) is 6.37. The van der Waals surface area contributed by atoms with Gasteiger partial charge in [0.25, 0.3) is 0 Å². The molecule has 2 heterocycles. The number of hydrogen-bond acceptors (Lipinski definition) is 7. The van der Waals surface area contributed by atoms with Gasteiger partial charge in [0.2, 0.25) is 11.7 Å². The summed E-state index contributed by atoms with van der Waals surface area (Å²) in [4.78, 5) is 33.5. The van der Waals surface area contributed by atoms with Crippen molar-refractivity contribution in [2.45, 2.75) is 83.1 Å². The van der Waals surface area contributed by atoms with Gasteiger partial charge in [-0.25, -0.2) is 4.98 Å². The topological polar surface area (TPSA) is 94.6 Å². The van der Waals surface area contributed by atoms with E-state index in [-0.39, 0.29) is 29.7 Å². The highest BCUT2D eigenvalue weighted by molar-refractivity contribution is 7.10. The number of carbonyl (C=O) groups is 2. The van der Waals surface area contributed by atoms with E-state index in [0.717, 1.165) is 49.1 Å². The van der Waals surface area contributed by atoms with Crippen LogP contribution in [0.3, 0.4) is 0 Å². The first kappa shape index (κ1) is 25.9. The van der Waals surface area contributed by atoms with Crippen LogP contribution in [0.5, 0.6) is 0 Å². The fourth-order valence-electron chi connectivity index (χ4n) is 5.31. The van der Waals surface area contributed by atoms with Crippen molar-refractivity contribution < 1.29 is 14.7 Å². The van der Waals surface area contributed by atoms with Crippen molar-refractivity contribution in [1.82, 2.24) is 20.5 Å². The van der Waals surface area contributed by atoms with Gasteiger partial charge in [0.1, 0.15) is 16.9 Å². The Labute approximate surface area is 212 Å². The molecule has 1 amide bonds. The predicted molar refractivity (Wildman–Crippen MR) is 138 cm³/mol. The molecule has 0 radical (unpaired) electrons. The van der Waals surface area contributed by atoms with Gasteiger partial charge >= 0.3 is 0 Å². The Morgan fingerprint density at radius 3 is 2.66 bits per heavy atom. The number of aromatic nitrogens is 1. The molecule has 0 bridgehead atoms. The van der Waals surface area contributed by atoms with Gasteiger partial charge < -0.3 is 15.3 Å². The van der Waals surface area contributed by atoms with E-state index in [1.54, 1.807) is 0 Å². The molecule has 1 aromatic carbocycles. The lowest BCUT2D eigenvalue weighted by molar-refractivity contribution is -0.137. The van der Waals surface area contributed by atoms with Gasteiger partial charge in [-0.1, -0.05) is 43.0 Å². The van der Waals surface area contributed by atoms with E-state index >= 15 is 0 Å². The van der Waals surface area contributed by atoms with Crippen LogP contribution in [-0.2, 0) is 4.79 Å². The zero-order valence-corrected chi connectivity index (χ0v) is 21.8. The molecule has 1 saturated heterocycles. The Morgan fingerprint density at radius 1 is 1.17 bits per heavy atom. The second-order valence-corrected chi connectivity index (χ2v) is 10.9. The number of amides is 1. The Balaban J connectivity index is 1.53. The number of hydrogen-bond donors (Lipinski definition) is 3. The van der Waals surface area contributed by atoms with Crippen LogP contribution >= 0.6 is 11.3 Å². The first-order valence-corrected chi connectivity index (χ1v) is 13.8. The second kappa shape index (κ2) is 11.7. The summed E-state index contributed by atoms with van der Waals surface area (Å²) in [5.74, 6) is 0.174. The maximum atomic E-state index is 13.9. The molecule has 2 aliphatic rings. The van der Waals surface area contributed by atoms with Crippen LogP contribution in [-0.4, -0.2) is 58.6 Å². The van der Waals surface area contributed by atoms with Crippen LogP contribution in [0.15, 0.2) is 29.6 Å². The van der Waals surface area contributed by atoms with Crippen molar-refractivity contribution in [2.24, 2.45) is 5.92 Å². The number of thiazole rings is 1. The van der Waals surface area contributed by atoms with Crippen LogP contribution in [0.4, 0.5) is 0 Å². The third-order valence-corrected chi connectivity index (χ3v) is 8.47. The summed E-state index contributed by atoms with van der Waals surface area (Å²) in [6, 6.07) is 6.83. The van der Waals surface area contributed by atoms with Crippen molar-refractivity contribution in [3.63, 3.8) is 0 Å². The number of ketones is 1. The van der Waals surface area contributed by atoms with Crippen LogP contribution in [0, 0.1) is 12.8 Å². The molecule has 1 aliphatic heterocycles. The van der Waals surface area contributed by atoms with Crippen molar-refractivity contribution in [1.29, 1.82) is 0 Å². The van der Waals surface area contributed by atoms with E-state index < -0.39 is 12.3 Å². The molecule has 1 aromatic heterocycles. The molecule has 35 heavy (non-hydrogen) atoms. The number of aliphatic hydroxyl groups excluding tert-OH is 1. The number of aliphatic hydroxyl groups is 1. The van der Waals surface area contributed by atoms with Crippen molar-refractivity contribution in [3.8, 4) is 0 Å². The average Bonchev–Trinajstić information content (AvgIpc) is 3.56. The molecule has 7 nitrogen and oxygen atoms in total. The zero-order chi connectivity index (χ0) is 24.9. The minimum atomic E-state index is -0.810. The van der Waals surface area contributed by atoms with E-state index in [1.165, 1.54) is 17.8 Å². The second-order valence-electron chi connectivity index (χ2n) is 10.0. The first-order valence-electron chi connectivity index (χ1n) is 12.9. The van der Waals surface area contributed by atoms with Gasteiger partial charge in [-0.15, -0.1) is 11.3 Å². The fourth-order valence-corrected chi connectivity index (χ4v) is 6.25. The fraction of sp³-hybridized carbons (Fsp3) is 0.593. The summed E-state index contributed by atoms with van der Waals surface area (Å²) < 4.78 is 0. The quantitative estimate of drug-likeness (QED) is 0.360. The van der Waals surface area contributed by atoms with E-state index in [9.17, 15) is 14.7 Å². The maximum Gasteiger partial charge on any atom is 0.240 e. The molecule has 1 saturated carbocycles. The summed E-state index contributed by atoms with van der Waals surface area (Å²) in [5, 5.41) is 19.7. The Bertz CT molecular complexity index is 1020. The molecule has 8 heteroatoms. The summed E-state index contributed by atoms with van der Waals surface area (Å²) in [7, 11) is 1.81. The first-order chi connectivity index (χ1) is 16.9. The van der Waals surface area contributed by atoms with Crippen molar-refractivity contribution >= 4 is 23.0 Å². The third kappa shape index (κ3) is 6.00. The number of carbonyl (C=O) groups excluding carboxylic acids is 2. The molecule has 190 valence electrons. The number of benzene rings is 1. The van der Waals surface area contributed by atoms with Crippen LogP contribution < -0.4 is 10.6 Å². The van der Waals surface area contributed by atoms with Gasteiger partial charge in [-0.2, -0.15) is 0 Å². The molecule has 4 rings (SSSR count). The molecule has 0 spiro atoms. The normalized spacial score (nSPS) is 21.6. The van der Waals surface area contributed by atoms with Gasteiger partial charge in [0.15, 0.2) is 0 Å². The Morgan fingerprint density at radius 2 is 1.94 bits per heavy atom. The van der Waals surface area contributed by atoms with Gasteiger partial charge in [-0.3, -0.25) is 14.9 Å². The van der Waals surface area contributed by atoms with E-state index in [4.69, 9.17) is 4.98 Å². The molecule has 3 N–H and O–H groups in total. The summed E-state index contributed by atoms with van der Waals surface area (Å²) in [5.41, 5.74) is 2.11. The minimum absolute atomic E-state index is 0.0449. The zero-order valence-electron chi connectivity index (χ0n) is 21.0. The molecular formula is C27H38N4O3S. The number of aryl methyl sites for hydroxylation is 1. The highest BCUT2D eigenvalue weighted by Crippen LogP contribution is 2.36. The van der Waals surface area contributed by atoms with Crippen molar-refractivity contribution in [2.75, 3.05) is 13.6 Å². The minimum Gasteiger partial charge on any atom is -0.377 e. The highest BCUT2D eigenvalue weighted by atomic mass is 32.1. The van der Waals surface area contributed by atoms with Crippen molar-refractivity contribution in [3.05, 3.63) is 51.5 Å². The molecule has 1 aliphatic carbocycles. The van der Waals surface area contributed by atoms with E-state index in [1.807, 2.05) is 55.4 Å².